The summed E-state index contributed by atoms with van der Waals surface area (Å²) in [5.41, 5.74) is 7.05. The van der Waals surface area contributed by atoms with Gasteiger partial charge in [-0.2, -0.15) is 0 Å². The summed E-state index contributed by atoms with van der Waals surface area (Å²) >= 11 is 5.77. The zero-order valence-electron chi connectivity index (χ0n) is 10.4. The van der Waals surface area contributed by atoms with Crippen molar-refractivity contribution < 1.29 is 10.0 Å². The molecule has 0 saturated heterocycles. The summed E-state index contributed by atoms with van der Waals surface area (Å²) in [6.07, 6.45) is 0. The number of halogens is 1. The molecule has 0 fully saturated rings. The average molecular weight is 290 g/mol. The molecule has 0 radical (unpaired) electrons. The molecule has 0 atom stereocenters. The van der Waals surface area contributed by atoms with Crippen molar-refractivity contribution in [2.24, 2.45) is 10.9 Å². The first-order chi connectivity index (χ1) is 9.60. The molecule has 0 heterocycles. The van der Waals surface area contributed by atoms with E-state index in [9.17, 15) is 4.79 Å². The number of anilines is 1. The Labute approximate surface area is 120 Å². The van der Waals surface area contributed by atoms with E-state index in [1.807, 2.05) is 0 Å². The second-order valence-corrected chi connectivity index (χ2v) is 4.46. The molecule has 2 aromatic rings. The number of amidine groups is 1. The Morgan fingerprint density at radius 3 is 2.50 bits per heavy atom. The highest BCUT2D eigenvalue weighted by molar-refractivity contribution is 6.30. The highest BCUT2D eigenvalue weighted by atomic mass is 35.5. The molecular formula is C14H12ClN3O2. The molecule has 0 aliphatic rings. The fourth-order valence-electron chi connectivity index (χ4n) is 1.62. The van der Waals surface area contributed by atoms with Gasteiger partial charge in [-0.25, -0.2) is 0 Å². The summed E-state index contributed by atoms with van der Waals surface area (Å²) in [5, 5.41) is 14.8. The summed E-state index contributed by atoms with van der Waals surface area (Å²) < 4.78 is 0. The zero-order chi connectivity index (χ0) is 14.5. The number of benzene rings is 2. The Morgan fingerprint density at radius 2 is 1.85 bits per heavy atom. The number of carbonyl (C=O) groups is 1. The third-order valence-electron chi connectivity index (χ3n) is 2.63. The third kappa shape index (κ3) is 3.27. The van der Waals surface area contributed by atoms with Crippen molar-refractivity contribution in [2.45, 2.75) is 0 Å². The van der Waals surface area contributed by atoms with Crippen molar-refractivity contribution in [3.8, 4) is 0 Å². The van der Waals surface area contributed by atoms with Crippen LogP contribution in [0.1, 0.15) is 15.9 Å². The Balaban J connectivity index is 2.17. The van der Waals surface area contributed by atoms with E-state index in [1.165, 1.54) is 0 Å². The molecule has 0 aliphatic heterocycles. The molecule has 1 amide bonds. The lowest BCUT2D eigenvalue weighted by Crippen LogP contribution is -2.15. The molecule has 0 spiro atoms. The number of rotatable bonds is 3. The monoisotopic (exact) mass is 289 g/mol. The van der Waals surface area contributed by atoms with E-state index in [-0.39, 0.29) is 11.7 Å². The average Bonchev–Trinajstić information content (AvgIpc) is 2.47. The van der Waals surface area contributed by atoms with Crippen molar-refractivity contribution in [3.05, 3.63) is 64.7 Å². The number of oxime groups is 1. The van der Waals surface area contributed by atoms with Gasteiger partial charge in [0.1, 0.15) is 0 Å². The maximum Gasteiger partial charge on any atom is 0.255 e. The van der Waals surface area contributed by atoms with Gasteiger partial charge < -0.3 is 16.3 Å². The molecule has 6 heteroatoms. The van der Waals surface area contributed by atoms with E-state index in [4.69, 9.17) is 22.5 Å². The molecule has 4 N–H and O–H groups in total. The van der Waals surface area contributed by atoms with Gasteiger partial charge in [0.15, 0.2) is 5.84 Å². The van der Waals surface area contributed by atoms with Crippen LogP contribution in [0.5, 0.6) is 0 Å². The predicted octanol–water partition coefficient (Wildman–Crippen LogP) is 2.69. The number of nitrogens with one attached hydrogen (secondary N) is 1. The SMILES string of the molecule is N/C(=N/O)c1cccc(NC(=O)c2ccc(Cl)cc2)c1. The van der Waals surface area contributed by atoms with Gasteiger partial charge in [-0.3, -0.25) is 4.79 Å². The van der Waals surface area contributed by atoms with E-state index in [1.54, 1.807) is 48.5 Å². The van der Waals surface area contributed by atoms with Crippen LogP contribution in [-0.4, -0.2) is 17.0 Å². The summed E-state index contributed by atoms with van der Waals surface area (Å²) in [4.78, 5) is 12.0. The Hall–Kier alpha value is -2.53. The van der Waals surface area contributed by atoms with Crippen LogP contribution < -0.4 is 11.1 Å². The van der Waals surface area contributed by atoms with Crippen molar-refractivity contribution in [1.82, 2.24) is 0 Å². The van der Waals surface area contributed by atoms with Gasteiger partial charge in [0, 0.05) is 21.8 Å². The summed E-state index contributed by atoms with van der Waals surface area (Å²) in [5.74, 6) is -0.286. The minimum atomic E-state index is -0.265. The number of carbonyl (C=O) groups excluding carboxylic acids is 1. The minimum Gasteiger partial charge on any atom is -0.409 e. The lowest BCUT2D eigenvalue weighted by atomic mass is 10.1. The van der Waals surface area contributed by atoms with E-state index >= 15 is 0 Å². The molecule has 0 bridgehead atoms. The third-order valence-corrected chi connectivity index (χ3v) is 2.88. The van der Waals surface area contributed by atoms with Crippen LogP contribution in [0.25, 0.3) is 0 Å². The maximum atomic E-state index is 12.0. The second kappa shape index (κ2) is 6.08. The van der Waals surface area contributed by atoms with Crippen LogP contribution in [-0.2, 0) is 0 Å². The summed E-state index contributed by atoms with van der Waals surface area (Å²) in [7, 11) is 0. The number of nitrogens with zero attached hydrogens (tertiary/aromatic N) is 1. The highest BCUT2D eigenvalue weighted by Gasteiger charge is 2.07. The second-order valence-electron chi connectivity index (χ2n) is 4.03. The zero-order valence-corrected chi connectivity index (χ0v) is 11.1. The molecule has 0 unspecified atom stereocenters. The fourth-order valence-corrected chi connectivity index (χ4v) is 1.74. The fraction of sp³-hybridized carbons (Fsp3) is 0. The number of hydrogen-bond donors (Lipinski definition) is 3. The first kappa shape index (κ1) is 13.9. The number of hydrogen-bond acceptors (Lipinski definition) is 3. The summed E-state index contributed by atoms with van der Waals surface area (Å²) in [6.45, 7) is 0. The van der Waals surface area contributed by atoms with Crippen molar-refractivity contribution in [3.63, 3.8) is 0 Å². The molecule has 0 saturated carbocycles. The molecule has 102 valence electrons. The van der Waals surface area contributed by atoms with Gasteiger partial charge >= 0.3 is 0 Å². The number of amides is 1. The van der Waals surface area contributed by atoms with Crippen LogP contribution in [0.15, 0.2) is 53.7 Å². The summed E-state index contributed by atoms with van der Waals surface area (Å²) in [6, 6.07) is 13.2. The Kier molecular flexibility index (Phi) is 4.22. The van der Waals surface area contributed by atoms with Gasteiger partial charge in [0.05, 0.1) is 0 Å². The molecule has 5 nitrogen and oxygen atoms in total. The molecule has 2 rings (SSSR count). The first-order valence-corrected chi connectivity index (χ1v) is 6.13. The first-order valence-electron chi connectivity index (χ1n) is 5.75. The van der Waals surface area contributed by atoms with Crippen LogP contribution in [0.3, 0.4) is 0 Å². The minimum absolute atomic E-state index is 0.0207. The molecular weight excluding hydrogens is 278 g/mol. The topological polar surface area (TPSA) is 87.7 Å². The van der Waals surface area contributed by atoms with Gasteiger partial charge in [-0.05, 0) is 36.4 Å². The van der Waals surface area contributed by atoms with Crippen LogP contribution in [0.2, 0.25) is 5.02 Å². The van der Waals surface area contributed by atoms with Crippen molar-refractivity contribution in [2.75, 3.05) is 5.32 Å². The Bertz CT molecular complexity index is 654. The van der Waals surface area contributed by atoms with E-state index in [0.29, 0.717) is 21.8 Å². The molecule has 20 heavy (non-hydrogen) atoms. The highest BCUT2D eigenvalue weighted by Crippen LogP contribution is 2.14. The largest absolute Gasteiger partial charge is 0.409 e. The lowest BCUT2D eigenvalue weighted by molar-refractivity contribution is 0.102. The maximum absolute atomic E-state index is 12.0. The Morgan fingerprint density at radius 1 is 1.15 bits per heavy atom. The van der Waals surface area contributed by atoms with E-state index in [2.05, 4.69) is 10.5 Å². The number of nitrogens with two attached hydrogens (primary N) is 1. The molecule has 0 aliphatic carbocycles. The predicted molar refractivity (Wildman–Crippen MR) is 78.4 cm³/mol. The van der Waals surface area contributed by atoms with Gasteiger partial charge in [0.25, 0.3) is 5.91 Å². The van der Waals surface area contributed by atoms with Crippen molar-refractivity contribution in [1.29, 1.82) is 0 Å². The van der Waals surface area contributed by atoms with Crippen LogP contribution in [0, 0.1) is 0 Å². The smallest absolute Gasteiger partial charge is 0.255 e. The van der Waals surface area contributed by atoms with Gasteiger partial charge in [-0.15, -0.1) is 0 Å². The quantitative estimate of drug-likeness (QED) is 0.351. The van der Waals surface area contributed by atoms with E-state index in [0.717, 1.165) is 0 Å². The van der Waals surface area contributed by atoms with Gasteiger partial charge in [-0.1, -0.05) is 28.9 Å². The van der Waals surface area contributed by atoms with Crippen LogP contribution >= 0.6 is 11.6 Å². The molecule has 0 aromatic heterocycles. The van der Waals surface area contributed by atoms with Crippen LogP contribution in [0.4, 0.5) is 5.69 Å². The lowest BCUT2D eigenvalue weighted by Gasteiger charge is -2.07. The van der Waals surface area contributed by atoms with E-state index < -0.39 is 0 Å². The molecule has 2 aromatic carbocycles. The standard InChI is InChI=1S/C14H12ClN3O2/c15-11-6-4-9(5-7-11)14(19)17-12-3-1-2-10(8-12)13(16)18-20/h1-8,20H,(H2,16,18)(H,17,19). The van der Waals surface area contributed by atoms with Gasteiger partial charge in [0.2, 0.25) is 0 Å². The normalized spacial score (nSPS) is 11.2. The van der Waals surface area contributed by atoms with Crippen molar-refractivity contribution >= 4 is 29.0 Å².